The van der Waals surface area contributed by atoms with Crippen LogP contribution in [0.3, 0.4) is 0 Å². The molecule has 0 saturated carbocycles. The molecule has 1 aliphatic heterocycles. The second-order valence-corrected chi connectivity index (χ2v) is 6.52. The molecule has 20 heavy (non-hydrogen) atoms. The number of carbonyl (C=O) groups excluding carboxylic acids is 1. The summed E-state index contributed by atoms with van der Waals surface area (Å²) in [5, 5.41) is 11.9. The summed E-state index contributed by atoms with van der Waals surface area (Å²) in [5.41, 5.74) is 0. The number of unbranched alkanes of at least 4 members (excludes halogenated alkanes) is 2. The van der Waals surface area contributed by atoms with E-state index in [1.165, 1.54) is 12.8 Å². The van der Waals surface area contributed by atoms with Crippen LogP contribution in [0.4, 0.5) is 4.79 Å². The first-order chi connectivity index (χ1) is 9.54. The molecule has 2 amide bonds. The minimum absolute atomic E-state index is 0.0324. The normalized spacial score (nSPS) is 20.5. The molecule has 2 N–H and O–H groups in total. The maximum absolute atomic E-state index is 12.2. The van der Waals surface area contributed by atoms with Crippen LogP contribution in [-0.4, -0.2) is 52.1 Å². The highest BCUT2D eigenvalue weighted by atomic mass is 32.2. The van der Waals surface area contributed by atoms with Gasteiger partial charge in [0, 0.05) is 24.1 Å². The van der Waals surface area contributed by atoms with E-state index in [4.69, 9.17) is 5.11 Å². The average Bonchev–Trinajstić information content (AvgIpc) is 2.38. The van der Waals surface area contributed by atoms with Gasteiger partial charge in [-0.15, -0.1) is 0 Å². The Morgan fingerprint density at radius 1 is 1.45 bits per heavy atom. The van der Waals surface area contributed by atoms with Crippen LogP contribution >= 0.6 is 11.8 Å². The predicted octanol–water partition coefficient (Wildman–Crippen LogP) is 2.56. The van der Waals surface area contributed by atoms with Crippen LogP contribution in [0.25, 0.3) is 0 Å². The smallest absolute Gasteiger partial charge is 0.317 e. The minimum Gasteiger partial charge on any atom is -0.481 e. The number of nitrogens with zero attached hydrogens (tertiary/aromatic N) is 1. The van der Waals surface area contributed by atoms with Crippen molar-refractivity contribution in [1.29, 1.82) is 0 Å². The number of carboxylic acids is 1. The van der Waals surface area contributed by atoms with Crippen molar-refractivity contribution in [3.05, 3.63) is 0 Å². The van der Waals surface area contributed by atoms with E-state index in [0.29, 0.717) is 12.3 Å². The van der Waals surface area contributed by atoms with E-state index >= 15 is 0 Å². The molecule has 0 radical (unpaired) electrons. The van der Waals surface area contributed by atoms with Crippen LogP contribution in [0, 0.1) is 0 Å². The fourth-order valence-electron chi connectivity index (χ4n) is 2.36. The number of amides is 2. The first-order valence-corrected chi connectivity index (χ1v) is 8.56. The van der Waals surface area contributed by atoms with Crippen molar-refractivity contribution in [2.75, 3.05) is 18.1 Å². The van der Waals surface area contributed by atoms with Gasteiger partial charge >= 0.3 is 12.0 Å². The lowest BCUT2D eigenvalue weighted by molar-refractivity contribution is -0.137. The Labute approximate surface area is 125 Å². The molecule has 0 bridgehead atoms. The van der Waals surface area contributed by atoms with E-state index in [0.717, 1.165) is 18.6 Å². The highest BCUT2D eigenvalue weighted by molar-refractivity contribution is 7.99. The molecule has 0 aromatic rings. The summed E-state index contributed by atoms with van der Waals surface area (Å²) in [6.45, 7) is 4.81. The Morgan fingerprint density at radius 3 is 2.85 bits per heavy atom. The molecule has 2 atom stereocenters. The number of hydrogen-bond acceptors (Lipinski definition) is 3. The number of nitrogens with one attached hydrogen (secondary N) is 1. The number of carboxylic acid groups (broad SMARTS) is 1. The molecule has 2 unspecified atom stereocenters. The molecule has 6 heteroatoms. The molecular formula is C14H26N2O3S. The summed E-state index contributed by atoms with van der Waals surface area (Å²) in [6.07, 6.45) is 4.48. The van der Waals surface area contributed by atoms with Crippen molar-refractivity contribution < 1.29 is 14.7 Å². The number of carbonyl (C=O) groups is 2. The number of rotatable bonds is 7. The first kappa shape index (κ1) is 17.1. The molecule has 0 aromatic heterocycles. The fourth-order valence-corrected chi connectivity index (χ4v) is 3.42. The van der Waals surface area contributed by atoms with Gasteiger partial charge in [-0.25, -0.2) is 4.79 Å². The minimum atomic E-state index is -0.841. The van der Waals surface area contributed by atoms with Gasteiger partial charge in [0.2, 0.25) is 0 Å². The molecular weight excluding hydrogens is 276 g/mol. The van der Waals surface area contributed by atoms with Gasteiger partial charge in [-0.1, -0.05) is 26.2 Å². The summed E-state index contributed by atoms with van der Waals surface area (Å²) >= 11 is 1.72. The van der Waals surface area contributed by atoms with Gasteiger partial charge in [-0.2, -0.15) is 11.8 Å². The van der Waals surface area contributed by atoms with Crippen LogP contribution in [-0.2, 0) is 4.79 Å². The second-order valence-electron chi connectivity index (χ2n) is 5.37. The molecule has 1 fully saturated rings. The lowest BCUT2D eigenvalue weighted by Gasteiger charge is -2.35. The Balaban J connectivity index is 2.44. The molecule has 0 spiro atoms. The quantitative estimate of drug-likeness (QED) is 0.709. The molecule has 116 valence electrons. The van der Waals surface area contributed by atoms with Crippen molar-refractivity contribution in [2.45, 2.75) is 58.0 Å². The topological polar surface area (TPSA) is 69.6 Å². The maximum atomic E-state index is 12.2. The molecule has 1 aliphatic rings. The van der Waals surface area contributed by atoms with Crippen molar-refractivity contribution in [2.24, 2.45) is 0 Å². The third-order valence-corrected chi connectivity index (χ3v) is 4.60. The summed E-state index contributed by atoms with van der Waals surface area (Å²) in [5.74, 6) is 0.754. The molecule has 0 aliphatic carbocycles. The van der Waals surface area contributed by atoms with Gasteiger partial charge in [-0.3, -0.25) is 4.79 Å². The first-order valence-electron chi connectivity index (χ1n) is 7.41. The van der Waals surface area contributed by atoms with Gasteiger partial charge in [0.05, 0.1) is 12.5 Å². The number of urea groups is 1. The zero-order valence-corrected chi connectivity index (χ0v) is 13.2. The Hall–Kier alpha value is -0.910. The van der Waals surface area contributed by atoms with Crippen molar-refractivity contribution in [3.63, 3.8) is 0 Å². The molecule has 1 saturated heterocycles. The average molecular weight is 302 g/mol. The largest absolute Gasteiger partial charge is 0.481 e. The number of thioether (sulfide) groups is 1. The standard InChI is InChI=1S/C14H26N2O3S/c1-3-4-5-6-11(2)15-14(19)16-7-8-20-10-12(16)9-13(17)18/h11-12H,3-10H2,1-2H3,(H,15,19)(H,17,18). The van der Waals surface area contributed by atoms with E-state index in [9.17, 15) is 9.59 Å². The van der Waals surface area contributed by atoms with E-state index < -0.39 is 5.97 Å². The third-order valence-electron chi connectivity index (χ3n) is 3.51. The van der Waals surface area contributed by atoms with Crippen molar-refractivity contribution in [1.82, 2.24) is 10.2 Å². The van der Waals surface area contributed by atoms with Crippen molar-refractivity contribution >= 4 is 23.8 Å². The lowest BCUT2D eigenvalue weighted by atomic mass is 10.1. The second kappa shape index (κ2) is 9.10. The van der Waals surface area contributed by atoms with E-state index in [1.54, 1.807) is 16.7 Å². The van der Waals surface area contributed by atoms with E-state index in [1.807, 2.05) is 6.92 Å². The van der Waals surface area contributed by atoms with Crippen molar-refractivity contribution in [3.8, 4) is 0 Å². The van der Waals surface area contributed by atoms with Gasteiger partial charge in [0.1, 0.15) is 0 Å². The molecule has 5 nitrogen and oxygen atoms in total. The molecule has 0 aromatic carbocycles. The fraction of sp³-hybridized carbons (Fsp3) is 0.857. The van der Waals surface area contributed by atoms with Crippen LogP contribution in [0.2, 0.25) is 0 Å². The highest BCUT2D eigenvalue weighted by Gasteiger charge is 2.29. The van der Waals surface area contributed by atoms with Gasteiger partial charge < -0.3 is 15.3 Å². The zero-order chi connectivity index (χ0) is 15.0. The van der Waals surface area contributed by atoms with Crippen LogP contribution in [0.1, 0.15) is 46.0 Å². The molecule has 1 rings (SSSR count). The maximum Gasteiger partial charge on any atom is 0.317 e. The van der Waals surface area contributed by atoms with Gasteiger partial charge in [0.25, 0.3) is 0 Å². The van der Waals surface area contributed by atoms with Gasteiger partial charge in [0.15, 0.2) is 0 Å². The van der Waals surface area contributed by atoms with Crippen LogP contribution in [0.15, 0.2) is 0 Å². The lowest BCUT2D eigenvalue weighted by Crippen LogP contribution is -2.52. The summed E-state index contributed by atoms with van der Waals surface area (Å²) in [6, 6.07) is -0.149. The Kier molecular flexibility index (Phi) is 7.80. The SMILES string of the molecule is CCCCCC(C)NC(=O)N1CCSCC1CC(=O)O. The summed E-state index contributed by atoms with van der Waals surface area (Å²) in [4.78, 5) is 24.8. The van der Waals surface area contributed by atoms with E-state index in [2.05, 4.69) is 12.2 Å². The summed E-state index contributed by atoms with van der Waals surface area (Å²) < 4.78 is 0. The van der Waals surface area contributed by atoms with E-state index in [-0.39, 0.29) is 24.5 Å². The highest BCUT2D eigenvalue weighted by Crippen LogP contribution is 2.19. The van der Waals surface area contributed by atoms with Gasteiger partial charge in [-0.05, 0) is 13.3 Å². The summed E-state index contributed by atoms with van der Waals surface area (Å²) in [7, 11) is 0. The molecule has 1 heterocycles. The zero-order valence-electron chi connectivity index (χ0n) is 12.4. The number of hydrogen-bond donors (Lipinski definition) is 2. The Morgan fingerprint density at radius 2 is 2.20 bits per heavy atom. The van der Waals surface area contributed by atoms with Crippen LogP contribution in [0.5, 0.6) is 0 Å². The Bertz CT molecular complexity index is 326. The predicted molar refractivity (Wildman–Crippen MR) is 82.2 cm³/mol. The number of aliphatic carboxylic acids is 1. The van der Waals surface area contributed by atoms with Crippen LogP contribution < -0.4 is 5.32 Å². The third kappa shape index (κ3) is 6.03. The monoisotopic (exact) mass is 302 g/mol.